The van der Waals surface area contributed by atoms with Gasteiger partial charge in [0, 0.05) is 12.5 Å². The van der Waals surface area contributed by atoms with Crippen molar-refractivity contribution in [3.63, 3.8) is 0 Å². The number of carbonyl (C=O) groups is 1. The summed E-state index contributed by atoms with van der Waals surface area (Å²) in [5.74, 6) is 1.27. The summed E-state index contributed by atoms with van der Waals surface area (Å²) in [6, 6.07) is 15.7. The minimum atomic E-state index is 0.0130. The lowest BCUT2D eigenvalue weighted by molar-refractivity contribution is -0.120. The summed E-state index contributed by atoms with van der Waals surface area (Å²) >= 11 is 0. The van der Waals surface area contributed by atoms with Gasteiger partial charge in [-0.15, -0.1) is 5.10 Å². The highest BCUT2D eigenvalue weighted by molar-refractivity contribution is 5.78. The number of aromatic nitrogens is 4. The van der Waals surface area contributed by atoms with Gasteiger partial charge >= 0.3 is 0 Å². The molecule has 2 aromatic carbocycles. The van der Waals surface area contributed by atoms with Crippen LogP contribution in [-0.4, -0.2) is 39.3 Å². The quantitative estimate of drug-likeness (QED) is 0.756. The fraction of sp³-hybridized carbons (Fsp3) is 0.263. The van der Waals surface area contributed by atoms with Crippen LogP contribution in [0, 0.1) is 5.92 Å². The lowest BCUT2D eigenvalue weighted by atomic mass is 9.96. The first-order valence-electron chi connectivity index (χ1n) is 8.57. The molecule has 3 aromatic rings. The zero-order valence-corrected chi connectivity index (χ0v) is 14.2. The van der Waals surface area contributed by atoms with Gasteiger partial charge in [0.2, 0.25) is 5.91 Å². The maximum atomic E-state index is 12.2. The molecule has 7 heteroatoms. The Bertz CT molecular complexity index is 877. The van der Waals surface area contributed by atoms with Crippen molar-refractivity contribution in [1.82, 2.24) is 25.5 Å². The lowest BCUT2D eigenvalue weighted by Gasteiger charge is -2.25. The Labute approximate surface area is 151 Å². The molecule has 1 amide bonds. The van der Waals surface area contributed by atoms with Crippen LogP contribution in [0.2, 0.25) is 0 Å². The predicted octanol–water partition coefficient (Wildman–Crippen LogP) is 1.57. The number of tetrazole rings is 1. The summed E-state index contributed by atoms with van der Waals surface area (Å²) in [5.41, 5.74) is 3.01. The number of para-hydroxylation sites is 1. The van der Waals surface area contributed by atoms with Crippen LogP contribution in [0.25, 0.3) is 5.69 Å². The van der Waals surface area contributed by atoms with Gasteiger partial charge in [-0.1, -0.05) is 30.3 Å². The van der Waals surface area contributed by atoms with E-state index in [0.29, 0.717) is 25.5 Å². The maximum absolute atomic E-state index is 12.2. The molecule has 0 fully saturated rings. The normalized spacial score (nSPS) is 15.8. The first kappa shape index (κ1) is 16.3. The number of amides is 1. The van der Waals surface area contributed by atoms with Gasteiger partial charge in [0.15, 0.2) is 0 Å². The molecule has 7 nitrogen and oxygen atoms in total. The van der Waals surface area contributed by atoms with E-state index >= 15 is 0 Å². The van der Waals surface area contributed by atoms with Crippen LogP contribution in [0.1, 0.15) is 11.1 Å². The van der Waals surface area contributed by atoms with Gasteiger partial charge in [0.1, 0.15) is 12.1 Å². The fourth-order valence-corrected chi connectivity index (χ4v) is 3.07. The van der Waals surface area contributed by atoms with Crippen molar-refractivity contribution in [2.24, 2.45) is 5.92 Å². The number of fused-ring (bicyclic) bond motifs is 1. The highest BCUT2D eigenvalue weighted by Gasteiger charge is 2.19. The molecule has 1 atom stereocenters. The second kappa shape index (κ2) is 7.35. The topological polar surface area (TPSA) is 81.9 Å². The third-order valence-electron chi connectivity index (χ3n) is 4.46. The van der Waals surface area contributed by atoms with Crippen molar-refractivity contribution in [3.8, 4) is 11.4 Å². The van der Waals surface area contributed by atoms with Crippen molar-refractivity contribution in [2.75, 3.05) is 13.2 Å². The van der Waals surface area contributed by atoms with Crippen LogP contribution in [-0.2, 0) is 17.6 Å². The van der Waals surface area contributed by atoms with Crippen LogP contribution < -0.4 is 10.1 Å². The third kappa shape index (κ3) is 3.72. The van der Waals surface area contributed by atoms with E-state index in [1.54, 1.807) is 4.68 Å². The molecule has 0 radical (unpaired) electrons. The summed E-state index contributed by atoms with van der Waals surface area (Å²) in [6.45, 7) is 1.26. The minimum absolute atomic E-state index is 0.0130. The average molecular weight is 349 g/mol. The molecule has 0 saturated carbocycles. The predicted molar refractivity (Wildman–Crippen MR) is 95.0 cm³/mol. The average Bonchev–Trinajstić information content (AvgIpc) is 3.22. The highest BCUT2D eigenvalue weighted by atomic mass is 16.5. The van der Waals surface area contributed by atoms with Crippen LogP contribution in [0.3, 0.4) is 0 Å². The molecular formula is C19H19N5O2. The number of hydrogen-bond acceptors (Lipinski definition) is 5. The SMILES string of the molecule is O=C(Cc1ccc(-n2cnnn2)cc1)NC[C@@H]1COc2ccccc2C1. The van der Waals surface area contributed by atoms with E-state index in [2.05, 4.69) is 26.9 Å². The molecule has 1 aromatic heterocycles. The Hall–Kier alpha value is -3.22. The summed E-state index contributed by atoms with van der Waals surface area (Å²) in [5, 5.41) is 14.1. The largest absolute Gasteiger partial charge is 0.493 e. The number of hydrogen-bond donors (Lipinski definition) is 1. The van der Waals surface area contributed by atoms with Gasteiger partial charge in [-0.25, -0.2) is 4.68 Å². The van der Waals surface area contributed by atoms with Crippen LogP contribution in [0.15, 0.2) is 54.9 Å². The Morgan fingerprint density at radius 2 is 2.04 bits per heavy atom. The van der Waals surface area contributed by atoms with E-state index in [4.69, 9.17) is 4.74 Å². The summed E-state index contributed by atoms with van der Waals surface area (Å²) < 4.78 is 7.34. The van der Waals surface area contributed by atoms with Gasteiger partial charge in [0.05, 0.1) is 18.7 Å². The van der Waals surface area contributed by atoms with Crippen molar-refractivity contribution < 1.29 is 9.53 Å². The van der Waals surface area contributed by atoms with Crippen molar-refractivity contribution in [3.05, 3.63) is 66.0 Å². The van der Waals surface area contributed by atoms with Crippen LogP contribution >= 0.6 is 0 Å². The highest BCUT2D eigenvalue weighted by Crippen LogP contribution is 2.26. The van der Waals surface area contributed by atoms with Gasteiger partial charge in [-0.2, -0.15) is 0 Å². The van der Waals surface area contributed by atoms with Gasteiger partial charge < -0.3 is 10.1 Å². The third-order valence-corrected chi connectivity index (χ3v) is 4.46. The second-order valence-corrected chi connectivity index (χ2v) is 6.39. The zero-order chi connectivity index (χ0) is 17.8. The fourth-order valence-electron chi connectivity index (χ4n) is 3.07. The number of ether oxygens (including phenoxy) is 1. The van der Waals surface area contributed by atoms with Gasteiger partial charge in [-0.05, 0) is 46.2 Å². The lowest BCUT2D eigenvalue weighted by Crippen LogP contribution is -2.35. The van der Waals surface area contributed by atoms with Crippen molar-refractivity contribution in [1.29, 1.82) is 0 Å². The molecule has 0 saturated heterocycles. The summed E-state index contributed by atoms with van der Waals surface area (Å²) in [6.07, 6.45) is 2.81. The number of nitrogens with zero attached hydrogens (tertiary/aromatic N) is 4. The number of carbonyl (C=O) groups excluding carboxylic acids is 1. The van der Waals surface area contributed by atoms with Gasteiger partial charge in [0.25, 0.3) is 0 Å². The van der Waals surface area contributed by atoms with E-state index in [-0.39, 0.29) is 5.91 Å². The second-order valence-electron chi connectivity index (χ2n) is 6.39. The number of nitrogens with one attached hydrogen (secondary N) is 1. The monoisotopic (exact) mass is 349 g/mol. The molecule has 132 valence electrons. The first-order valence-corrected chi connectivity index (χ1v) is 8.57. The Morgan fingerprint density at radius 3 is 2.85 bits per heavy atom. The van der Waals surface area contributed by atoms with E-state index < -0.39 is 0 Å². The van der Waals surface area contributed by atoms with E-state index in [1.807, 2.05) is 42.5 Å². The van der Waals surface area contributed by atoms with E-state index in [1.165, 1.54) is 11.9 Å². The smallest absolute Gasteiger partial charge is 0.224 e. The first-order chi connectivity index (χ1) is 12.8. The molecule has 1 N–H and O–H groups in total. The minimum Gasteiger partial charge on any atom is -0.493 e. The molecule has 2 heterocycles. The van der Waals surface area contributed by atoms with Crippen LogP contribution in [0.4, 0.5) is 0 Å². The summed E-state index contributed by atoms with van der Waals surface area (Å²) in [7, 11) is 0. The van der Waals surface area contributed by atoms with Crippen molar-refractivity contribution >= 4 is 5.91 Å². The molecule has 1 aliphatic heterocycles. The number of benzene rings is 2. The van der Waals surface area contributed by atoms with Crippen LogP contribution in [0.5, 0.6) is 5.75 Å². The molecule has 0 bridgehead atoms. The standard InChI is InChI=1S/C19H19N5O2/c25-19(10-14-5-7-17(8-6-14)24-13-21-22-23-24)20-11-15-9-16-3-1-2-4-18(16)26-12-15/h1-8,13,15H,9-12H2,(H,20,25)/t15-/m1/s1. The Balaban J connectivity index is 1.28. The molecular weight excluding hydrogens is 330 g/mol. The molecule has 1 aliphatic rings. The van der Waals surface area contributed by atoms with E-state index in [0.717, 1.165) is 23.4 Å². The Morgan fingerprint density at radius 1 is 1.19 bits per heavy atom. The Kier molecular flexibility index (Phi) is 4.59. The van der Waals surface area contributed by atoms with Crippen molar-refractivity contribution in [2.45, 2.75) is 12.8 Å². The van der Waals surface area contributed by atoms with Gasteiger partial charge in [-0.3, -0.25) is 4.79 Å². The molecule has 0 unspecified atom stereocenters. The summed E-state index contributed by atoms with van der Waals surface area (Å²) in [4.78, 5) is 12.2. The molecule has 0 spiro atoms. The maximum Gasteiger partial charge on any atom is 0.224 e. The zero-order valence-electron chi connectivity index (χ0n) is 14.2. The molecule has 0 aliphatic carbocycles. The number of rotatable bonds is 5. The molecule has 26 heavy (non-hydrogen) atoms. The molecule has 4 rings (SSSR count). The van der Waals surface area contributed by atoms with E-state index in [9.17, 15) is 4.79 Å².